The number of carbonyl (C=O) groups is 1. The second kappa shape index (κ2) is 9.00. The Bertz CT molecular complexity index is 939. The van der Waals surface area contributed by atoms with Crippen LogP contribution >= 0.6 is 0 Å². The molecule has 4 rings (SSSR count). The lowest BCUT2D eigenvalue weighted by Crippen LogP contribution is -2.53. The van der Waals surface area contributed by atoms with Gasteiger partial charge in [-0.05, 0) is 66.6 Å². The van der Waals surface area contributed by atoms with Gasteiger partial charge in [0.2, 0.25) is 5.91 Å². The van der Waals surface area contributed by atoms with E-state index in [0.717, 1.165) is 50.2 Å². The van der Waals surface area contributed by atoms with Gasteiger partial charge in [0, 0.05) is 26.2 Å². The van der Waals surface area contributed by atoms with Crippen LogP contribution in [0.25, 0.3) is 5.57 Å². The fourth-order valence-electron chi connectivity index (χ4n) is 4.41. The lowest BCUT2D eigenvalue weighted by molar-refractivity contribution is -0.140. The van der Waals surface area contributed by atoms with E-state index < -0.39 is 0 Å². The molecule has 0 N–H and O–H groups in total. The summed E-state index contributed by atoms with van der Waals surface area (Å²) in [6.45, 7) is 4.64. The van der Waals surface area contributed by atoms with Crippen LogP contribution in [0.2, 0.25) is 0 Å². The van der Waals surface area contributed by atoms with Crippen LogP contribution in [-0.4, -0.2) is 48.5 Å². The number of carbonyl (C=O) groups excluding carboxylic acids is 1. The SMILES string of the molecule is COc1ccc(C2=CCN(C3CCCN(Cc4ccc(C)c(F)c4)C3=O)CC2)cc1. The smallest absolute Gasteiger partial charge is 0.240 e. The van der Waals surface area contributed by atoms with Crippen molar-refractivity contribution in [3.8, 4) is 5.75 Å². The van der Waals surface area contributed by atoms with Crippen LogP contribution in [0.1, 0.15) is 36.0 Å². The number of rotatable bonds is 5. The molecule has 4 nitrogen and oxygen atoms in total. The van der Waals surface area contributed by atoms with Crippen molar-refractivity contribution in [2.45, 2.75) is 38.8 Å². The van der Waals surface area contributed by atoms with E-state index in [1.54, 1.807) is 26.2 Å². The molecule has 2 heterocycles. The van der Waals surface area contributed by atoms with Gasteiger partial charge in [-0.2, -0.15) is 0 Å². The van der Waals surface area contributed by atoms with Crippen molar-refractivity contribution >= 4 is 11.5 Å². The number of ether oxygens (including phenoxy) is 1. The molecular weight excluding hydrogens is 379 g/mol. The molecule has 2 aliphatic heterocycles. The van der Waals surface area contributed by atoms with E-state index in [1.165, 1.54) is 11.1 Å². The molecule has 5 heteroatoms. The van der Waals surface area contributed by atoms with Crippen LogP contribution < -0.4 is 4.74 Å². The van der Waals surface area contributed by atoms with Gasteiger partial charge >= 0.3 is 0 Å². The summed E-state index contributed by atoms with van der Waals surface area (Å²) in [6.07, 6.45) is 5.05. The van der Waals surface area contributed by atoms with Gasteiger partial charge in [-0.3, -0.25) is 9.69 Å². The number of amides is 1. The second-order valence-electron chi connectivity index (χ2n) is 8.20. The van der Waals surface area contributed by atoms with Crippen LogP contribution in [0.3, 0.4) is 0 Å². The fraction of sp³-hybridized carbons (Fsp3) is 0.400. The molecular formula is C25H29FN2O2. The number of hydrogen-bond acceptors (Lipinski definition) is 3. The van der Waals surface area contributed by atoms with E-state index in [4.69, 9.17) is 4.74 Å². The molecule has 0 aliphatic carbocycles. The number of nitrogens with zero attached hydrogens (tertiary/aromatic N) is 2. The number of hydrogen-bond donors (Lipinski definition) is 0. The van der Waals surface area contributed by atoms with Gasteiger partial charge in [-0.1, -0.05) is 30.3 Å². The van der Waals surface area contributed by atoms with E-state index in [-0.39, 0.29) is 17.8 Å². The minimum atomic E-state index is -0.208. The molecule has 0 saturated carbocycles. The third-order valence-electron chi connectivity index (χ3n) is 6.25. The Kier molecular flexibility index (Phi) is 6.18. The average molecular weight is 409 g/mol. The van der Waals surface area contributed by atoms with Crippen molar-refractivity contribution in [1.82, 2.24) is 9.80 Å². The van der Waals surface area contributed by atoms with E-state index >= 15 is 0 Å². The summed E-state index contributed by atoms with van der Waals surface area (Å²) in [5.41, 5.74) is 4.03. The summed E-state index contributed by atoms with van der Waals surface area (Å²) >= 11 is 0. The lowest BCUT2D eigenvalue weighted by atomic mass is 9.96. The Balaban J connectivity index is 1.40. The van der Waals surface area contributed by atoms with Crippen molar-refractivity contribution < 1.29 is 13.9 Å². The Morgan fingerprint density at radius 1 is 1.13 bits per heavy atom. The first-order chi connectivity index (χ1) is 14.5. The molecule has 30 heavy (non-hydrogen) atoms. The van der Waals surface area contributed by atoms with Crippen molar-refractivity contribution in [3.63, 3.8) is 0 Å². The number of methoxy groups -OCH3 is 1. The van der Waals surface area contributed by atoms with Crippen molar-refractivity contribution in [3.05, 3.63) is 71.0 Å². The summed E-state index contributed by atoms with van der Waals surface area (Å²) in [7, 11) is 1.67. The third-order valence-corrected chi connectivity index (χ3v) is 6.25. The Morgan fingerprint density at radius 3 is 2.60 bits per heavy atom. The number of benzene rings is 2. The van der Waals surface area contributed by atoms with Crippen molar-refractivity contribution in [2.24, 2.45) is 0 Å². The molecule has 1 unspecified atom stereocenters. The van der Waals surface area contributed by atoms with Crippen molar-refractivity contribution in [1.29, 1.82) is 0 Å². The van der Waals surface area contributed by atoms with Gasteiger partial charge in [0.1, 0.15) is 11.6 Å². The van der Waals surface area contributed by atoms with E-state index in [1.807, 2.05) is 23.1 Å². The third kappa shape index (κ3) is 4.41. The zero-order chi connectivity index (χ0) is 21.1. The second-order valence-corrected chi connectivity index (χ2v) is 8.20. The molecule has 0 radical (unpaired) electrons. The maximum Gasteiger partial charge on any atom is 0.240 e. The molecule has 1 saturated heterocycles. The Labute approximate surface area is 177 Å². The van der Waals surface area contributed by atoms with E-state index in [9.17, 15) is 9.18 Å². The predicted molar refractivity (Wildman–Crippen MR) is 117 cm³/mol. The molecule has 2 aliphatic rings. The molecule has 0 spiro atoms. The van der Waals surface area contributed by atoms with Crippen LogP contribution in [0.15, 0.2) is 48.5 Å². The Morgan fingerprint density at radius 2 is 1.93 bits per heavy atom. The average Bonchev–Trinajstić information content (AvgIpc) is 2.78. The van der Waals surface area contributed by atoms with Gasteiger partial charge in [0.25, 0.3) is 0 Å². The molecule has 1 atom stereocenters. The summed E-state index contributed by atoms with van der Waals surface area (Å²) in [5.74, 6) is 0.822. The first-order valence-corrected chi connectivity index (χ1v) is 10.7. The highest BCUT2D eigenvalue weighted by Gasteiger charge is 2.33. The van der Waals surface area contributed by atoms with Crippen molar-refractivity contribution in [2.75, 3.05) is 26.7 Å². The standard InChI is InChI=1S/C25H29FN2O2/c1-18-5-6-19(16-23(18)26)17-28-13-3-4-24(25(28)29)27-14-11-21(12-15-27)20-7-9-22(30-2)10-8-20/h5-11,16,24H,3-4,12-15,17H2,1-2H3. The highest BCUT2D eigenvalue weighted by molar-refractivity contribution is 5.83. The van der Waals surface area contributed by atoms with Gasteiger partial charge in [-0.25, -0.2) is 4.39 Å². The van der Waals surface area contributed by atoms with Crippen LogP contribution in [0.4, 0.5) is 4.39 Å². The van der Waals surface area contributed by atoms with Gasteiger partial charge in [0.15, 0.2) is 0 Å². The molecule has 2 aromatic carbocycles. The number of piperidine rings is 1. The van der Waals surface area contributed by atoms with Gasteiger partial charge in [0.05, 0.1) is 13.2 Å². The Hall–Kier alpha value is -2.66. The monoisotopic (exact) mass is 408 g/mol. The maximum atomic E-state index is 13.9. The minimum Gasteiger partial charge on any atom is -0.497 e. The molecule has 0 bridgehead atoms. The largest absolute Gasteiger partial charge is 0.497 e. The molecule has 1 amide bonds. The maximum absolute atomic E-state index is 13.9. The molecule has 1 fully saturated rings. The summed E-state index contributed by atoms with van der Waals surface area (Å²) in [5, 5.41) is 0. The molecule has 2 aromatic rings. The minimum absolute atomic E-state index is 0.0808. The first-order valence-electron chi connectivity index (χ1n) is 10.7. The number of likely N-dealkylation sites (tertiary alicyclic amines) is 1. The van der Waals surface area contributed by atoms with Gasteiger partial charge in [-0.15, -0.1) is 0 Å². The molecule has 0 aromatic heterocycles. The summed E-state index contributed by atoms with van der Waals surface area (Å²) < 4.78 is 19.1. The molecule has 158 valence electrons. The highest BCUT2D eigenvalue weighted by atomic mass is 19.1. The lowest BCUT2D eigenvalue weighted by Gasteiger charge is -2.39. The zero-order valence-corrected chi connectivity index (χ0v) is 17.7. The zero-order valence-electron chi connectivity index (χ0n) is 17.7. The number of aryl methyl sites for hydroxylation is 1. The quantitative estimate of drug-likeness (QED) is 0.734. The summed E-state index contributed by atoms with van der Waals surface area (Å²) in [4.78, 5) is 17.3. The van der Waals surface area contributed by atoms with E-state index in [2.05, 4.69) is 23.1 Å². The van der Waals surface area contributed by atoms with Gasteiger partial charge < -0.3 is 9.64 Å². The topological polar surface area (TPSA) is 32.8 Å². The fourth-order valence-corrected chi connectivity index (χ4v) is 4.41. The van der Waals surface area contributed by atoms with Crippen LogP contribution in [-0.2, 0) is 11.3 Å². The van der Waals surface area contributed by atoms with Crippen LogP contribution in [0.5, 0.6) is 5.75 Å². The first kappa shape index (κ1) is 20.6. The normalized spacial score (nSPS) is 20.2. The number of halogens is 1. The highest BCUT2D eigenvalue weighted by Crippen LogP contribution is 2.28. The predicted octanol–water partition coefficient (Wildman–Crippen LogP) is 4.42. The van der Waals surface area contributed by atoms with Crippen LogP contribution in [0, 0.1) is 12.7 Å². The van der Waals surface area contributed by atoms with E-state index in [0.29, 0.717) is 12.1 Å². The summed E-state index contributed by atoms with van der Waals surface area (Å²) in [6, 6.07) is 13.3.